The molecule has 1 amide bonds. The Morgan fingerprint density at radius 2 is 1.60 bits per heavy atom. The number of halogens is 2. The van der Waals surface area contributed by atoms with Gasteiger partial charge in [-0.2, -0.15) is 4.31 Å². The van der Waals surface area contributed by atoms with E-state index >= 15 is 0 Å². The molecule has 0 atom stereocenters. The average Bonchev–Trinajstić information content (AvgIpc) is 2.86. The van der Waals surface area contributed by atoms with E-state index in [-0.39, 0.29) is 28.0 Å². The summed E-state index contributed by atoms with van der Waals surface area (Å²) >= 11 is 12.2. The second-order valence-electron chi connectivity index (χ2n) is 7.57. The molecule has 0 unspecified atom stereocenters. The number of sulfonamides is 1. The van der Waals surface area contributed by atoms with Gasteiger partial charge < -0.3 is 14.8 Å². The van der Waals surface area contributed by atoms with Crippen molar-refractivity contribution >= 4 is 39.1 Å². The second-order valence-corrected chi connectivity index (χ2v) is 10.3. The highest BCUT2D eigenvalue weighted by Gasteiger charge is 2.29. The van der Waals surface area contributed by atoms with Crippen molar-refractivity contribution in [1.82, 2.24) is 9.62 Å². The number of methoxy groups -OCH3 is 2. The monoisotopic (exact) mass is 536 g/mol. The van der Waals surface area contributed by atoms with Crippen molar-refractivity contribution in [1.29, 1.82) is 0 Å². The van der Waals surface area contributed by atoms with Gasteiger partial charge in [-0.25, -0.2) is 8.42 Å². The Hall–Kier alpha value is -2.78. The zero-order valence-corrected chi connectivity index (χ0v) is 21.7. The SMILES string of the molecule is COc1cccc(OC)c1CNC(=O)CN(CCc1ccccc1)S(=O)(=O)c1cc(Cl)ccc1Cl. The van der Waals surface area contributed by atoms with Crippen molar-refractivity contribution in [3.05, 3.63) is 87.9 Å². The van der Waals surface area contributed by atoms with Gasteiger partial charge in [0.05, 0.1) is 37.9 Å². The molecule has 35 heavy (non-hydrogen) atoms. The van der Waals surface area contributed by atoms with Crippen molar-refractivity contribution in [2.75, 3.05) is 27.3 Å². The van der Waals surface area contributed by atoms with Crippen LogP contribution in [0, 0.1) is 0 Å². The highest BCUT2D eigenvalue weighted by atomic mass is 35.5. The predicted octanol–water partition coefficient (Wildman–Crippen LogP) is 4.56. The standard InChI is InChI=1S/C25H26Cl2N2O5S/c1-33-22-9-6-10-23(34-2)20(22)16-28-25(30)17-29(14-13-18-7-4-3-5-8-18)35(31,32)24-15-19(26)11-12-21(24)27/h3-12,15H,13-14,16-17H2,1-2H3,(H,28,30). The molecule has 0 spiro atoms. The molecule has 0 aliphatic carbocycles. The zero-order valence-electron chi connectivity index (χ0n) is 19.3. The molecule has 0 aliphatic rings. The van der Waals surface area contributed by atoms with Crippen LogP contribution >= 0.6 is 23.2 Å². The predicted molar refractivity (Wildman–Crippen MR) is 137 cm³/mol. The largest absolute Gasteiger partial charge is 0.496 e. The van der Waals surface area contributed by atoms with Gasteiger partial charge in [0.2, 0.25) is 15.9 Å². The van der Waals surface area contributed by atoms with E-state index in [0.717, 1.165) is 9.87 Å². The first-order valence-corrected chi connectivity index (χ1v) is 12.9. The molecule has 0 saturated heterocycles. The number of hydrogen-bond acceptors (Lipinski definition) is 5. The lowest BCUT2D eigenvalue weighted by Crippen LogP contribution is -2.41. The van der Waals surface area contributed by atoms with Crippen molar-refractivity contribution < 1.29 is 22.7 Å². The lowest BCUT2D eigenvalue weighted by Gasteiger charge is -2.23. The summed E-state index contributed by atoms with van der Waals surface area (Å²) in [4.78, 5) is 12.8. The molecular formula is C25H26Cl2N2O5S. The minimum atomic E-state index is -4.12. The van der Waals surface area contributed by atoms with Crippen LogP contribution in [0.4, 0.5) is 0 Å². The highest BCUT2D eigenvalue weighted by Crippen LogP contribution is 2.29. The molecule has 0 saturated carbocycles. The number of benzene rings is 3. The van der Waals surface area contributed by atoms with Gasteiger partial charge in [0.1, 0.15) is 16.4 Å². The summed E-state index contributed by atoms with van der Waals surface area (Å²) in [5.41, 5.74) is 1.58. The maximum absolute atomic E-state index is 13.5. The number of hydrogen-bond donors (Lipinski definition) is 1. The highest BCUT2D eigenvalue weighted by molar-refractivity contribution is 7.89. The van der Waals surface area contributed by atoms with E-state index in [4.69, 9.17) is 32.7 Å². The Morgan fingerprint density at radius 1 is 0.943 bits per heavy atom. The lowest BCUT2D eigenvalue weighted by atomic mass is 10.1. The molecule has 0 heterocycles. The van der Waals surface area contributed by atoms with Gasteiger partial charge in [-0.3, -0.25) is 4.79 Å². The lowest BCUT2D eigenvalue weighted by molar-refractivity contribution is -0.121. The van der Waals surface area contributed by atoms with Crippen LogP contribution in [0.2, 0.25) is 10.0 Å². The molecule has 1 N–H and O–H groups in total. The minimum absolute atomic E-state index is 0.0262. The van der Waals surface area contributed by atoms with Gasteiger partial charge in [-0.15, -0.1) is 0 Å². The third kappa shape index (κ3) is 6.89. The summed E-state index contributed by atoms with van der Waals surface area (Å²) in [5.74, 6) is 0.598. The summed E-state index contributed by atoms with van der Waals surface area (Å²) in [6.45, 7) is -0.243. The normalized spacial score (nSPS) is 11.3. The molecule has 3 aromatic rings. The fourth-order valence-electron chi connectivity index (χ4n) is 3.50. The topological polar surface area (TPSA) is 84.9 Å². The van der Waals surface area contributed by atoms with E-state index < -0.39 is 22.5 Å². The van der Waals surface area contributed by atoms with E-state index in [9.17, 15) is 13.2 Å². The summed E-state index contributed by atoms with van der Waals surface area (Å²) in [5, 5.41) is 3.01. The smallest absolute Gasteiger partial charge is 0.245 e. The first-order valence-electron chi connectivity index (χ1n) is 10.7. The number of carbonyl (C=O) groups excluding carboxylic acids is 1. The molecular weight excluding hydrogens is 511 g/mol. The molecule has 7 nitrogen and oxygen atoms in total. The zero-order chi connectivity index (χ0) is 25.4. The van der Waals surface area contributed by atoms with E-state index in [1.165, 1.54) is 32.4 Å². The maximum atomic E-state index is 13.5. The molecule has 3 aromatic carbocycles. The number of ether oxygens (including phenoxy) is 2. The molecule has 10 heteroatoms. The number of nitrogens with one attached hydrogen (secondary N) is 1. The van der Waals surface area contributed by atoms with Gasteiger partial charge >= 0.3 is 0 Å². The van der Waals surface area contributed by atoms with Crippen molar-refractivity contribution in [3.63, 3.8) is 0 Å². The summed E-state index contributed by atoms with van der Waals surface area (Å²) in [7, 11) is -1.08. The molecule has 0 bridgehead atoms. The van der Waals surface area contributed by atoms with Gasteiger partial charge in [0.25, 0.3) is 0 Å². The van der Waals surface area contributed by atoms with Crippen LogP contribution in [0.25, 0.3) is 0 Å². The van der Waals surface area contributed by atoms with E-state index in [0.29, 0.717) is 23.5 Å². The Kier molecular flexibility index (Phi) is 9.40. The summed E-state index contributed by atoms with van der Waals surface area (Å²) < 4.78 is 38.8. The van der Waals surface area contributed by atoms with Crippen LogP contribution in [-0.4, -0.2) is 45.9 Å². The number of rotatable bonds is 11. The average molecular weight is 537 g/mol. The molecule has 0 aliphatic heterocycles. The molecule has 0 fully saturated rings. The van der Waals surface area contributed by atoms with E-state index in [1.54, 1.807) is 18.2 Å². The van der Waals surface area contributed by atoms with Gasteiger partial charge in [0, 0.05) is 11.6 Å². The Balaban J connectivity index is 1.83. The first kappa shape index (κ1) is 26.8. The number of nitrogens with zero attached hydrogens (tertiary/aromatic N) is 1. The first-order chi connectivity index (χ1) is 16.8. The van der Waals surface area contributed by atoms with Crippen LogP contribution in [0.1, 0.15) is 11.1 Å². The number of carbonyl (C=O) groups is 1. The van der Waals surface area contributed by atoms with Crippen LogP contribution < -0.4 is 14.8 Å². The Labute approximate surface area is 215 Å². The van der Waals surface area contributed by atoms with Crippen molar-refractivity contribution in [3.8, 4) is 11.5 Å². The van der Waals surface area contributed by atoms with Crippen molar-refractivity contribution in [2.24, 2.45) is 0 Å². The molecule has 3 rings (SSSR count). The fraction of sp³-hybridized carbons (Fsp3) is 0.240. The molecule has 0 aromatic heterocycles. The molecule has 186 valence electrons. The van der Waals surface area contributed by atoms with Gasteiger partial charge in [0.15, 0.2) is 0 Å². The number of amides is 1. The van der Waals surface area contributed by atoms with Crippen molar-refractivity contribution in [2.45, 2.75) is 17.9 Å². The molecule has 0 radical (unpaired) electrons. The Morgan fingerprint density at radius 3 is 2.23 bits per heavy atom. The minimum Gasteiger partial charge on any atom is -0.496 e. The third-order valence-corrected chi connectivity index (χ3v) is 7.88. The summed E-state index contributed by atoms with van der Waals surface area (Å²) in [6, 6.07) is 18.9. The van der Waals surface area contributed by atoms with Crippen LogP contribution in [0.15, 0.2) is 71.6 Å². The van der Waals surface area contributed by atoms with Crippen LogP contribution in [0.3, 0.4) is 0 Å². The second kappa shape index (κ2) is 12.3. The Bertz CT molecular complexity index is 1250. The van der Waals surface area contributed by atoms with E-state index in [2.05, 4.69) is 5.32 Å². The van der Waals surface area contributed by atoms with E-state index in [1.807, 2.05) is 30.3 Å². The van der Waals surface area contributed by atoms with Gasteiger partial charge in [-0.1, -0.05) is 59.6 Å². The summed E-state index contributed by atoms with van der Waals surface area (Å²) in [6.07, 6.45) is 0.409. The van der Waals surface area contributed by atoms with Crippen LogP contribution in [0.5, 0.6) is 11.5 Å². The van der Waals surface area contributed by atoms with Gasteiger partial charge in [-0.05, 0) is 42.3 Å². The van der Waals surface area contributed by atoms with Crippen LogP contribution in [-0.2, 0) is 27.8 Å². The fourth-order valence-corrected chi connectivity index (χ4v) is 5.64. The third-order valence-electron chi connectivity index (χ3n) is 5.32. The quantitative estimate of drug-likeness (QED) is 0.388. The maximum Gasteiger partial charge on any atom is 0.245 e.